The zero-order valence-electron chi connectivity index (χ0n) is 12.3. The third-order valence-electron chi connectivity index (χ3n) is 3.54. The van der Waals surface area contributed by atoms with Crippen molar-refractivity contribution in [3.63, 3.8) is 0 Å². The van der Waals surface area contributed by atoms with Gasteiger partial charge in [0, 0.05) is 10.8 Å². The first-order valence-corrected chi connectivity index (χ1v) is 6.36. The Morgan fingerprint density at radius 2 is 1.50 bits per heavy atom. The van der Waals surface area contributed by atoms with Crippen LogP contribution in [0, 0.1) is 6.92 Å². The Hall–Kier alpha value is -1.52. The molecule has 0 aliphatic rings. The maximum atomic E-state index is 3.94. The van der Waals surface area contributed by atoms with Crippen LogP contribution in [0.2, 0.25) is 0 Å². The molecule has 0 aromatic heterocycles. The molecule has 0 bridgehead atoms. The minimum Gasteiger partial charge on any atom is -0.132 e. The van der Waals surface area contributed by atoms with E-state index in [9.17, 15) is 0 Å². The van der Waals surface area contributed by atoms with Crippen LogP contribution in [0.1, 0.15) is 44.4 Å². The summed E-state index contributed by atoms with van der Waals surface area (Å²) in [5, 5.41) is 0. The fourth-order valence-electron chi connectivity index (χ4n) is 1.98. The molecule has 0 atom stereocenters. The second-order valence-electron chi connectivity index (χ2n) is 6.08. The Kier molecular flexibility index (Phi) is 4.04. The van der Waals surface area contributed by atoms with Gasteiger partial charge in [-0.15, -0.1) is 12.3 Å². The molecule has 1 aromatic carbocycles. The van der Waals surface area contributed by atoms with Gasteiger partial charge in [0.05, 0.1) is 0 Å². The smallest absolute Gasteiger partial charge is 0.0151 e. The van der Waals surface area contributed by atoms with Gasteiger partial charge in [0.1, 0.15) is 0 Å². The molecule has 0 heteroatoms. The summed E-state index contributed by atoms with van der Waals surface area (Å²) in [6.07, 6.45) is 4.02. The van der Waals surface area contributed by atoms with E-state index in [1.165, 1.54) is 16.7 Å². The van der Waals surface area contributed by atoms with Crippen LogP contribution in [-0.2, 0) is 10.8 Å². The first kappa shape index (κ1) is 14.5. The molecule has 1 rings (SSSR count). The molecule has 96 valence electrons. The van der Waals surface area contributed by atoms with E-state index < -0.39 is 0 Å². The Bertz CT molecular complexity index is 495. The Balaban J connectivity index is 3.42. The Labute approximate surface area is 112 Å². The van der Waals surface area contributed by atoms with Crippen LogP contribution in [-0.4, -0.2) is 0 Å². The van der Waals surface area contributed by atoms with E-state index >= 15 is 0 Å². The lowest BCUT2D eigenvalue weighted by atomic mass is 9.78. The zero-order chi connectivity index (χ0) is 14.0. The van der Waals surface area contributed by atoms with E-state index in [1.807, 2.05) is 12.2 Å². The van der Waals surface area contributed by atoms with Gasteiger partial charge in [0.2, 0.25) is 0 Å². The molecule has 0 radical (unpaired) electrons. The van der Waals surface area contributed by atoms with E-state index in [0.717, 1.165) is 0 Å². The highest BCUT2D eigenvalue weighted by Gasteiger charge is 2.22. The molecule has 0 spiro atoms. The van der Waals surface area contributed by atoms with Crippen LogP contribution in [0.4, 0.5) is 0 Å². The number of benzene rings is 1. The average Bonchev–Trinajstić information content (AvgIpc) is 2.28. The third kappa shape index (κ3) is 3.03. The van der Waals surface area contributed by atoms with Crippen molar-refractivity contribution in [1.29, 1.82) is 0 Å². The summed E-state index contributed by atoms with van der Waals surface area (Å²) < 4.78 is 0. The topological polar surface area (TPSA) is 0 Å². The lowest BCUT2D eigenvalue weighted by Crippen LogP contribution is -2.18. The summed E-state index contributed by atoms with van der Waals surface area (Å²) in [5.41, 5.74) is 6.74. The lowest BCUT2D eigenvalue weighted by molar-refractivity contribution is 0.645. The summed E-state index contributed by atoms with van der Waals surface area (Å²) in [6.45, 7) is 18.5. The summed E-state index contributed by atoms with van der Waals surface area (Å²) >= 11 is 0. The van der Waals surface area contributed by atoms with Gasteiger partial charge in [-0.1, -0.05) is 64.1 Å². The van der Waals surface area contributed by atoms with Gasteiger partial charge in [-0.25, -0.2) is 0 Å². The van der Waals surface area contributed by atoms with Crippen LogP contribution in [0.15, 0.2) is 49.2 Å². The predicted octanol–water partition coefficient (Wildman–Crippen LogP) is 5.08. The van der Waals surface area contributed by atoms with Crippen LogP contribution < -0.4 is 0 Å². The monoisotopic (exact) mass is 240 g/mol. The minimum atomic E-state index is -0.0419. The highest BCUT2D eigenvalue weighted by Crippen LogP contribution is 2.31. The maximum absolute atomic E-state index is 3.94. The van der Waals surface area contributed by atoms with Gasteiger partial charge < -0.3 is 0 Å². The third-order valence-corrected chi connectivity index (χ3v) is 3.54. The van der Waals surface area contributed by atoms with Gasteiger partial charge in [0.15, 0.2) is 0 Å². The maximum Gasteiger partial charge on any atom is 0.0151 e. The normalized spacial score (nSPS) is 11.8. The summed E-state index contributed by atoms with van der Waals surface area (Å²) in [6, 6.07) is 6.73. The summed E-state index contributed by atoms with van der Waals surface area (Å²) in [7, 11) is 0. The van der Waals surface area contributed by atoms with Crippen LogP contribution in [0.5, 0.6) is 0 Å². The van der Waals surface area contributed by atoms with Gasteiger partial charge >= 0.3 is 0 Å². The molecule has 18 heavy (non-hydrogen) atoms. The number of allylic oxidation sites excluding steroid dienone is 2. The van der Waals surface area contributed by atoms with E-state index in [4.69, 9.17) is 0 Å². The van der Waals surface area contributed by atoms with E-state index in [-0.39, 0.29) is 10.8 Å². The lowest BCUT2D eigenvalue weighted by Gasteiger charge is -2.26. The molecule has 0 N–H and O–H groups in total. The Morgan fingerprint density at radius 1 is 1.00 bits per heavy atom. The van der Waals surface area contributed by atoms with Crippen molar-refractivity contribution in [1.82, 2.24) is 0 Å². The molecule has 0 saturated heterocycles. The number of hydrogen-bond acceptors (Lipinski definition) is 0. The molecule has 0 heterocycles. The SMILES string of the molecule is C=C=CC(C)(C)c1cc(C)cc(C(C)(C)C=C)c1. The van der Waals surface area contributed by atoms with E-state index in [2.05, 4.69) is 71.7 Å². The van der Waals surface area contributed by atoms with Crippen LogP contribution in [0.25, 0.3) is 0 Å². The van der Waals surface area contributed by atoms with Crippen molar-refractivity contribution < 1.29 is 0 Å². The number of rotatable bonds is 4. The predicted molar refractivity (Wildman–Crippen MR) is 81.1 cm³/mol. The minimum absolute atomic E-state index is 0.00522. The van der Waals surface area contributed by atoms with Crippen molar-refractivity contribution in [3.8, 4) is 0 Å². The van der Waals surface area contributed by atoms with Crippen molar-refractivity contribution in [2.24, 2.45) is 0 Å². The first-order valence-electron chi connectivity index (χ1n) is 6.36. The van der Waals surface area contributed by atoms with E-state index in [0.29, 0.717) is 0 Å². The number of hydrogen-bond donors (Lipinski definition) is 0. The van der Waals surface area contributed by atoms with Gasteiger partial charge in [-0.2, -0.15) is 0 Å². The second kappa shape index (κ2) is 5.00. The average molecular weight is 240 g/mol. The molecule has 0 fully saturated rings. The molecule has 0 amide bonds. The molecule has 0 unspecified atom stereocenters. The van der Waals surface area contributed by atoms with Crippen molar-refractivity contribution in [2.45, 2.75) is 45.4 Å². The standard InChI is InChI=1S/C18H24/c1-8-10-18(6,7)16-12-14(3)11-15(13-16)17(4,5)9-2/h9-13H,1-2H2,3-7H3. The molecule has 1 aromatic rings. The van der Waals surface area contributed by atoms with Crippen molar-refractivity contribution in [2.75, 3.05) is 0 Å². The molecule has 0 aliphatic carbocycles. The van der Waals surface area contributed by atoms with E-state index in [1.54, 1.807) is 0 Å². The highest BCUT2D eigenvalue weighted by atomic mass is 14.3. The van der Waals surface area contributed by atoms with Gasteiger partial charge in [0.25, 0.3) is 0 Å². The van der Waals surface area contributed by atoms with Gasteiger partial charge in [-0.05, 0) is 24.1 Å². The zero-order valence-corrected chi connectivity index (χ0v) is 12.3. The van der Waals surface area contributed by atoms with Gasteiger partial charge in [-0.3, -0.25) is 0 Å². The second-order valence-corrected chi connectivity index (χ2v) is 6.08. The van der Waals surface area contributed by atoms with Crippen LogP contribution in [0.3, 0.4) is 0 Å². The molecular weight excluding hydrogens is 216 g/mol. The first-order chi connectivity index (χ1) is 8.23. The number of aryl methyl sites for hydroxylation is 1. The van der Waals surface area contributed by atoms with Crippen molar-refractivity contribution in [3.05, 3.63) is 65.9 Å². The van der Waals surface area contributed by atoms with Crippen molar-refractivity contribution >= 4 is 0 Å². The molecular formula is C18H24. The molecule has 0 saturated carbocycles. The summed E-state index contributed by atoms with van der Waals surface area (Å²) in [4.78, 5) is 0. The molecule has 0 aliphatic heterocycles. The quantitative estimate of drug-likeness (QED) is 0.508. The van der Waals surface area contributed by atoms with Crippen LogP contribution >= 0.6 is 0 Å². The highest BCUT2D eigenvalue weighted by molar-refractivity contribution is 5.40. The summed E-state index contributed by atoms with van der Waals surface area (Å²) in [5.74, 6) is 0. The fraction of sp³-hybridized carbons (Fsp3) is 0.389. The largest absolute Gasteiger partial charge is 0.132 e. The Morgan fingerprint density at radius 3 is 1.94 bits per heavy atom. The fourth-order valence-corrected chi connectivity index (χ4v) is 1.98. The molecule has 0 nitrogen and oxygen atoms in total.